The molecule has 0 aliphatic carbocycles. The minimum absolute atomic E-state index is 0.158. The number of amides is 1. The van der Waals surface area contributed by atoms with E-state index < -0.39 is 22.8 Å². The van der Waals surface area contributed by atoms with E-state index >= 15 is 0 Å². The van der Waals surface area contributed by atoms with Crippen LogP contribution in [0.4, 0.5) is 5.69 Å². The number of carboxylic acid groups (broad SMARTS) is 1. The number of nitro groups is 1. The summed E-state index contributed by atoms with van der Waals surface area (Å²) in [5.74, 6) is -1.76. The van der Waals surface area contributed by atoms with Crippen molar-refractivity contribution in [1.82, 2.24) is 9.88 Å². The van der Waals surface area contributed by atoms with Gasteiger partial charge in [0.15, 0.2) is 0 Å². The van der Waals surface area contributed by atoms with Crippen molar-refractivity contribution >= 4 is 29.2 Å². The Morgan fingerprint density at radius 3 is 2.85 bits per heavy atom. The lowest BCUT2D eigenvalue weighted by molar-refractivity contribution is -0.385. The minimum atomic E-state index is -1.11. The molecule has 0 aromatic carbocycles. The zero-order valence-corrected chi connectivity index (χ0v) is 10.9. The molecule has 1 aromatic rings. The molecule has 1 atom stereocenters. The molecule has 9 heteroatoms. The Hall–Kier alpha value is -2.22. The van der Waals surface area contributed by atoms with Crippen LogP contribution in [0.15, 0.2) is 12.3 Å². The fourth-order valence-corrected chi connectivity index (χ4v) is 2.29. The van der Waals surface area contributed by atoms with E-state index in [1.807, 2.05) is 0 Å². The summed E-state index contributed by atoms with van der Waals surface area (Å²) in [4.78, 5) is 38.1. The molecule has 2 rings (SSSR count). The molecule has 0 radical (unpaired) electrons. The number of carbonyl (C=O) groups is 2. The first-order chi connectivity index (χ1) is 9.41. The van der Waals surface area contributed by atoms with E-state index in [4.69, 9.17) is 16.7 Å². The summed E-state index contributed by atoms with van der Waals surface area (Å²) in [6.07, 6.45) is 1.85. The van der Waals surface area contributed by atoms with E-state index in [0.29, 0.717) is 12.8 Å². The summed E-state index contributed by atoms with van der Waals surface area (Å²) >= 11 is 5.77. The van der Waals surface area contributed by atoms with Crippen molar-refractivity contribution in [3.05, 3.63) is 33.1 Å². The lowest BCUT2D eigenvalue weighted by Gasteiger charge is -2.21. The van der Waals surface area contributed by atoms with Gasteiger partial charge in [0.1, 0.15) is 17.4 Å². The molecule has 106 valence electrons. The third-order valence-corrected chi connectivity index (χ3v) is 3.37. The number of pyridine rings is 1. The molecule has 20 heavy (non-hydrogen) atoms. The SMILES string of the molecule is O=C(O)[C@@H]1CCCN1C(=O)c1cc([N+](=O)[O-])cnc1Cl. The number of nitrogens with zero attached hydrogens (tertiary/aromatic N) is 3. The summed E-state index contributed by atoms with van der Waals surface area (Å²) in [6.45, 7) is 0.273. The lowest BCUT2D eigenvalue weighted by atomic mass is 10.2. The number of halogens is 1. The maximum atomic E-state index is 12.3. The first kappa shape index (κ1) is 14.2. The molecule has 1 saturated heterocycles. The van der Waals surface area contributed by atoms with E-state index in [-0.39, 0.29) is 22.9 Å². The van der Waals surface area contributed by atoms with Crippen LogP contribution in [0.5, 0.6) is 0 Å². The predicted molar refractivity (Wildman–Crippen MR) is 67.6 cm³/mol. The highest BCUT2D eigenvalue weighted by Gasteiger charge is 2.35. The van der Waals surface area contributed by atoms with Gasteiger partial charge in [0.25, 0.3) is 11.6 Å². The molecule has 1 fully saturated rings. The highest BCUT2D eigenvalue weighted by molar-refractivity contribution is 6.32. The van der Waals surface area contributed by atoms with Gasteiger partial charge in [-0.2, -0.15) is 0 Å². The van der Waals surface area contributed by atoms with Gasteiger partial charge in [-0.15, -0.1) is 0 Å². The van der Waals surface area contributed by atoms with Crippen LogP contribution in [0, 0.1) is 10.1 Å². The van der Waals surface area contributed by atoms with E-state index in [1.165, 1.54) is 0 Å². The van der Waals surface area contributed by atoms with Crippen molar-refractivity contribution < 1.29 is 19.6 Å². The number of likely N-dealkylation sites (tertiary alicyclic amines) is 1. The van der Waals surface area contributed by atoms with Gasteiger partial charge in [0.2, 0.25) is 0 Å². The van der Waals surface area contributed by atoms with E-state index in [1.54, 1.807) is 0 Å². The second-order valence-electron chi connectivity index (χ2n) is 4.28. The molecule has 1 aromatic heterocycles. The average molecular weight is 300 g/mol. The Balaban J connectivity index is 2.35. The first-order valence-electron chi connectivity index (χ1n) is 5.75. The summed E-state index contributed by atoms with van der Waals surface area (Å²) in [5, 5.41) is 19.5. The van der Waals surface area contributed by atoms with Gasteiger partial charge >= 0.3 is 5.97 Å². The minimum Gasteiger partial charge on any atom is -0.480 e. The molecule has 1 N–H and O–H groups in total. The molecular weight excluding hydrogens is 290 g/mol. The Kier molecular flexibility index (Phi) is 3.84. The second kappa shape index (κ2) is 5.41. The van der Waals surface area contributed by atoms with Crippen LogP contribution in [-0.4, -0.2) is 44.4 Å². The van der Waals surface area contributed by atoms with Crippen LogP contribution in [0.2, 0.25) is 5.15 Å². The van der Waals surface area contributed by atoms with Crippen molar-refractivity contribution in [3.63, 3.8) is 0 Å². The van der Waals surface area contributed by atoms with Gasteiger partial charge in [-0.3, -0.25) is 14.9 Å². The van der Waals surface area contributed by atoms with Gasteiger partial charge < -0.3 is 10.0 Å². The standard InChI is InChI=1S/C11H10ClN3O5/c12-9-7(4-6(5-13-9)15(19)20)10(16)14-3-1-2-8(14)11(17)18/h4-5,8H,1-3H2,(H,17,18)/t8-/m0/s1. The van der Waals surface area contributed by atoms with Gasteiger partial charge in [0, 0.05) is 12.6 Å². The number of aliphatic carboxylic acids is 1. The van der Waals surface area contributed by atoms with Crippen LogP contribution in [0.3, 0.4) is 0 Å². The largest absolute Gasteiger partial charge is 0.480 e. The Bertz CT molecular complexity index is 591. The highest BCUT2D eigenvalue weighted by Crippen LogP contribution is 2.25. The number of aromatic nitrogens is 1. The van der Waals surface area contributed by atoms with Crippen molar-refractivity contribution in [2.24, 2.45) is 0 Å². The highest BCUT2D eigenvalue weighted by atomic mass is 35.5. The molecule has 0 unspecified atom stereocenters. The van der Waals surface area contributed by atoms with Crippen molar-refractivity contribution in [2.45, 2.75) is 18.9 Å². The quantitative estimate of drug-likeness (QED) is 0.511. The predicted octanol–water partition coefficient (Wildman–Crippen LogP) is 1.33. The van der Waals surface area contributed by atoms with Crippen LogP contribution in [-0.2, 0) is 4.79 Å². The van der Waals surface area contributed by atoms with Crippen LogP contribution < -0.4 is 0 Å². The average Bonchev–Trinajstić information content (AvgIpc) is 2.87. The molecule has 0 saturated carbocycles. The van der Waals surface area contributed by atoms with Crippen molar-refractivity contribution in [2.75, 3.05) is 6.54 Å². The van der Waals surface area contributed by atoms with Gasteiger partial charge in [-0.25, -0.2) is 9.78 Å². The number of hydrogen-bond acceptors (Lipinski definition) is 5. The molecule has 1 aliphatic rings. The topological polar surface area (TPSA) is 114 Å². The van der Waals surface area contributed by atoms with Crippen LogP contribution >= 0.6 is 11.6 Å². The van der Waals surface area contributed by atoms with Crippen molar-refractivity contribution in [3.8, 4) is 0 Å². The number of rotatable bonds is 3. The third kappa shape index (κ3) is 2.55. The van der Waals surface area contributed by atoms with Gasteiger partial charge in [-0.05, 0) is 12.8 Å². The lowest BCUT2D eigenvalue weighted by Crippen LogP contribution is -2.40. The summed E-state index contributed by atoms with van der Waals surface area (Å²) in [7, 11) is 0. The second-order valence-corrected chi connectivity index (χ2v) is 4.64. The zero-order chi connectivity index (χ0) is 14.9. The van der Waals surface area contributed by atoms with E-state index in [2.05, 4.69) is 4.98 Å². The Morgan fingerprint density at radius 2 is 2.25 bits per heavy atom. The van der Waals surface area contributed by atoms with Crippen molar-refractivity contribution in [1.29, 1.82) is 0 Å². The first-order valence-corrected chi connectivity index (χ1v) is 6.13. The molecule has 1 aliphatic heterocycles. The van der Waals surface area contributed by atoms with Gasteiger partial charge in [0.05, 0.1) is 10.5 Å². The Labute approximate surface area is 118 Å². The molecule has 2 heterocycles. The van der Waals surface area contributed by atoms with Crippen LogP contribution in [0.1, 0.15) is 23.2 Å². The smallest absolute Gasteiger partial charge is 0.326 e. The summed E-state index contributed by atoms with van der Waals surface area (Å²) in [5.41, 5.74) is -0.530. The Morgan fingerprint density at radius 1 is 1.55 bits per heavy atom. The fraction of sp³-hybridized carbons (Fsp3) is 0.364. The van der Waals surface area contributed by atoms with Crippen LogP contribution in [0.25, 0.3) is 0 Å². The maximum absolute atomic E-state index is 12.3. The normalized spacial score (nSPS) is 18.1. The number of carbonyl (C=O) groups excluding carboxylic acids is 1. The molecule has 8 nitrogen and oxygen atoms in total. The third-order valence-electron chi connectivity index (χ3n) is 3.06. The zero-order valence-electron chi connectivity index (χ0n) is 10.2. The summed E-state index contributed by atoms with van der Waals surface area (Å²) in [6, 6.07) is 0.0763. The molecule has 0 bridgehead atoms. The molecular formula is C11H10ClN3O5. The van der Waals surface area contributed by atoms with Gasteiger partial charge in [-0.1, -0.05) is 11.6 Å². The monoisotopic (exact) mass is 299 g/mol. The van der Waals surface area contributed by atoms with E-state index in [9.17, 15) is 19.7 Å². The maximum Gasteiger partial charge on any atom is 0.326 e. The molecule has 0 spiro atoms. The molecule has 1 amide bonds. The number of hydrogen-bond donors (Lipinski definition) is 1. The number of carboxylic acids is 1. The van der Waals surface area contributed by atoms with E-state index in [0.717, 1.165) is 17.2 Å². The fourth-order valence-electron chi connectivity index (χ4n) is 2.11. The summed E-state index contributed by atoms with van der Waals surface area (Å²) < 4.78 is 0.